The predicted molar refractivity (Wildman–Crippen MR) is 75.0 cm³/mol. The van der Waals surface area contributed by atoms with Crippen LogP contribution < -0.4 is 5.32 Å². The van der Waals surface area contributed by atoms with E-state index in [2.05, 4.69) is 44.8 Å². The van der Waals surface area contributed by atoms with Crippen molar-refractivity contribution in [3.05, 3.63) is 0 Å². The highest BCUT2D eigenvalue weighted by atomic mass is 16.5. The topological polar surface area (TPSA) is 33.7 Å². The Kier molecular flexibility index (Phi) is 6.57. The zero-order valence-corrected chi connectivity index (χ0v) is 12.7. The molecule has 0 aromatic rings. The molecule has 1 unspecified atom stereocenters. The Hall–Kier alpha value is -0.160. The summed E-state index contributed by atoms with van der Waals surface area (Å²) < 4.78 is 11.4. The largest absolute Gasteiger partial charge is 0.378 e. The minimum Gasteiger partial charge on any atom is -0.378 e. The molecule has 0 aromatic carbocycles. The van der Waals surface area contributed by atoms with Gasteiger partial charge < -0.3 is 14.8 Å². The van der Waals surface area contributed by atoms with Crippen molar-refractivity contribution in [1.29, 1.82) is 0 Å². The molecule has 0 aliphatic carbocycles. The molecule has 0 radical (unpaired) electrons. The van der Waals surface area contributed by atoms with E-state index in [1.54, 1.807) is 0 Å². The highest BCUT2D eigenvalue weighted by molar-refractivity contribution is 4.78. The smallest absolute Gasteiger partial charge is 0.0634 e. The van der Waals surface area contributed by atoms with Gasteiger partial charge in [0.2, 0.25) is 0 Å². The molecule has 1 saturated heterocycles. The third kappa shape index (κ3) is 6.69. The highest BCUT2D eigenvalue weighted by Crippen LogP contribution is 2.09. The van der Waals surface area contributed by atoms with Crippen LogP contribution in [0.5, 0.6) is 0 Å². The molecule has 0 aromatic heterocycles. The van der Waals surface area contributed by atoms with Crippen molar-refractivity contribution >= 4 is 0 Å². The van der Waals surface area contributed by atoms with E-state index in [0.29, 0.717) is 12.1 Å². The van der Waals surface area contributed by atoms with Gasteiger partial charge in [-0.2, -0.15) is 0 Å². The molecule has 1 aliphatic heterocycles. The monoisotopic (exact) mass is 258 g/mol. The van der Waals surface area contributed by atoms with Crippen LogP contribution in [0.4, 0.5) is 0 Å². The normalized spacial score (nSPS) is 22.7. The van der Waals surface area contributed by atoms with E-state index in [9.17, 15) is 0 Å². The molecule has 4 heteroatoms. The number of nitrogens with one attached hydrogen (secondary N) is 1. The Balaban J connectivity index is 2.30. The number of hydrogen-bond acceptors (Lipinski definition) is 4. The van der Waals surface area contributed by atoms with Gasteiger partial charge in [0, 0.05) is 31.7 Å². The van der Waals surface area contributed by atoms with Crippen LogP contribution in [-0.4, -0.2) is 62.0 Å². The molecule has 0 saturated carbocycles. The Labute approximate surface area is 112 Å². The summed E-state index contributed by atoms with van der Waals surface area (Å²) in [5.41, 5.74) is -0.0437. The number of hydrogen-bond donors (Lipinski definition) is 1. The molecule has 1 atom stereocenters. The SMILES string of the molecule is CC(C)NCC1COCCN1CCOC(C)(C)C. The summed E-state index contributed by atoms with van der Waals surface area (Å²) in [7, 11) is 0. The molecular formula is C14H30N2O2. The second kappa shape index (κ2) is 7.43. The van der Waals surface area contributed by atoms with Crippen molar-refractivity contribution in [3.8, 4) is 0 Å². The standard InChI is InChI=1S/C14H30N2O2/c1-12(2)15-10-13-11-17-8-6-16(13)7-9-18-14(3,4)5/h12-13,15H,6-11H2,1-5H3. The molecule has 1 N–H and O–H groups in total. The maximum atomic E-state index is 5.80. The molecule has 4 nitrogen and oxygen atoms in total. The summed E-state index contributed by atoms with van der Waals surface area (Å²) in [6.45, 7) is 16.1. The number of rotatable bonds is 6. The highest BCUT2D eigenvalue weighted by Gasteiger charge is 2.23. The Morgan fingerprint density at radius 2 is 2.11 bits per heavy atom. The van der Waals surface area contributed by atoms with Crippen molar-refractivity contribution in [1.82, 2.24) is 10.2 Å². The second-order valence-electron chi connectivity index (χ2n) is 6.29. The number of morpholine rings is 1. The van der Waals surface area contributed by atoms with Crippen LogP contribution in [0, 0.1) is 0 Å². The lowest BCUT2D eigenvalue weighted by molar-refractivity contribution is -0.0475. The van der Waals surface area contributed by atoms with E-state index >= 15 is 0 Å². The first kappa shape index (κ1) is 15.9. The van der Waals surface area contributed by atoms with Crippen molar-refractivity contribution < 1.29 is 9.47 Å². The first-order valence-electron chi connectivity index (χ1n) is 7.07. The summed E-state index contributed by atoms with van der Waals surface area (Å²) >= 11 is 0. The van der Waals surface area contributed by atoms with Gasteiger partial charge in [-0.3, -0.25) is 4.90 Å². The van der Waals surface area contributed by atoms with Gasteiger partial charge in [-0.05, 0) is 20.8 Å². The molecule has 108 valence electrons. The summed E-state index contributed by atoms with van der Waals surface area (Å²) in [5, 5.41) is 3.49. The lowest BCUT2D eigenvalue weighted by Gasteiger charge is -2.36. The van der Waals surface area contributed by atoms with Gasteiger partial charge in [0.1, 0.15) is 0 Å². The first-order chi connectivity index (χ1) is 8.38. The fourth-order valence-corrected chi connectivity index (χ4v) is 2.01. The molecule has 0 spiro atoms. The van der Waals surface area contributed by atoms with Crippen LogP contribution in [-0.2, 0) is 9.47 Å². The molecule has 1 heterocycles. The van der Waals surface area contributed by atoms with Gasteiger partial charge >= 0.3 is 0 Å². The fourth-order valence-electron chi connectivity index (χ4n) is 2.01. The molecule has 1 rings (SSSR count). The molecular weight excluding hydrogens is 228 g/mol. The van der Waals surface area contributed by atoms with Crippen LogP contribution >= 0.6 is 0 Å². The summed E-state index contributed by atoms with van der Waals surface area (Å²) in [6, 6.07) is 1.00. The van der Waals surface area contributed by atoms with Gasteiger partial charge in [0.05, 0.1) is 25.4 Å². The molecule has 1 aliphatic rings. The van der Waals surface area contributed by atoms with Gasteiger partial charge in [-0.15, -0.1) is 0 Å². The average molecular weight is 258 g/mol. The maximum Gasteiger partial charge on any atom is 0.0634 e. The van der Waals surface area contributed by atoms with Crippen LogP contribution in [0.3, 0.4) is 0 Å². The lowest BCUT2D eigenvalue weighted by Crippen LogP contribution is -2.52. The van der Waals surface area contributed by atoms with E-state index in [-0.39, 0.29) is 5.60 Å². The number of nitrogens with zero attached hydrogens (tertiary/aromatic N) is 1. The summed E-state index contributed by atoms with van der Waals surface area (Å²) in [4.78, 5) is 2.48. The van der Waals surface area contributed by atoms with Crippen molar-refractivity contribution in [2.75, 3.05) is 39.5 Å². The quantitative estimate of drug-likeness (QED) is 0.783. The van der Waals surface area contributed by atoms with Crippen molar-refractivity contribution in [3.63, 3.8) is 0 Å². The second-order valence-corrected chi connectivity index (χ2v) is 6.29. The molecule has 0 amide bonds. The first-order valence-corrected chi connectivity index (χ1v) is 7.07. The average Bonchev–Trinajstić information content (AvgIpc) is 2.26. The number of ether oxygens (including phenoxy) is 2. The minimum absolute atomic E-state index is 0.0437. The van der Waals surface area contributed by atoms with Gasteiger partial charge in [0.15, 0.2) is 0 Å². The van der Waals surface area contributed by atoms with Gasteiger partial charge in [-0.1, -0.05) is 13.8 Å². The van der Waals surface area contributed by atoms with E-state index in [0.717, 1.165) is 39.5 Å². The summed E-state index contributed by atoms with van der Waals surface area (Å²) in [6.07, 6.45) is 0. The van der Waals surface area contributed by atoms with Gasteiger partial charge in [-0.25, -0.2) is 0 Å². The zero-order valence-electron chi connectivity index (χ0n) is 12.7. The third-order valence-corrected chi connectivity index (χ3v) is 3.02. The van der Waals surface area contributed by atoms with Crippen LogP contribution in [0.1, 0.15) is 34.6 Å². The Morgan fingerprint density at radius 1 is 1.39 bits per heavy atom. The maximum absolute atomic E-state index is 5.80. The Morgan fingerprint density at radius 3 is 2.72 bits per heavy atom. The molecule has 18 heavy (non-hydrogen) atoms. The van der Waals surface area contributed by atoms with Crippen molar-refractivity contribution in [2.24, 2.45) is 0 Å². The van der Waals surface area contributed by atoms with Crippen molar-refractivity contribution in [2.45, 2.75) is 52.3 Å². The minimum atomic E-state index is -0.0437. The van der Waals surface area contributed by atoms with Crippen LogP contribution in [0.2, 0.25) is 0 Å². The zero-order chi connectivity index (χ0) is 13.6. The van der Waals surface area contributed by atoms with Crippen LogP contribution in [0.25, 0.3) is 0 Å². The van der Waals surface area contributed by atoms with E-state index in [4.69, 9.17) is 9.47 Å². The van der Waals surface area contributed by atoms with E-state index in [1.807, 2.05) is 0 Å². The van der Waals surface area contributed by atoms with E-state index < -0.39 is 0 Å². The van der Waals surface area contributed by atoms with E-state index in [1.165, 1.54) is 0 Å². The fraction of sp³-hybridized carbons (Fsp3) is 1.00. The van der Waals surface area contributed by atoms with Crippen LogP contribution in [0.15, 0.2) is 0 Å². The summed E-state index contributed by atoms with van der Waals surface area (Å²) in [5.74, 6) is 0. The Bertz CT molecular complexity index is 226. The lowest BCUT2D eigenvalue weighted by atomic mass is 10.2. The van der Waals surface area contributed by atoms with Gasteiger partial charge in [0.25, 0.3) is 0 Å². The predicted octanol–water partition coefficient (Wildman–Crippen LogP) is 1.50. The third-order valence-electron chi connectivity index (χ3n) is 3.02. The molecule has 0 bridgehead atoms. The molecule has 1 fully saturated rings.